The fourth-order valence-electron chi connectivity index (χ4n) is 9.48. The Kier molecular flexibility index (Phi) is 13.6. The number of nitrogens with zero attached hydrogens (tertiary/aromatic N) is 3. The van der Waals surface area contributed by atoms with Gasteiger partial charge in [0.1, 0.15) is 61.0 Å². The zero-order valence-electron chi connectivity index (χ0n) is 34.9. The van der Waals surface area contributed by atoms with E-state index in [-0.39, 0.29) is 19.8 Å². The molecule has 0 amide bonds. The number of ether oxygens (including phenoxy) is 12. The van der Waals surface area contributed by atoms with E-state index in [1.165, 1.54) is 0 Å². The minimum absolute atomic E-state index is 0.103. The van der Waals surface area contributed by atoms with Crippen molar-refractivity contribution in [1.82, 2.24) is 0 Å². The van der Waals surface area contributed by atoms with Gasteiger partial charge in [0.15, 0.2) is 12.1 Å². The third kappa shape index (κ3) is 8.75. The molecule has 5 aliphatic rings. The molecule has 13 atom stereocenters. The summed E-state index contributed by atoms with van der Waals surface area (Å²) in [6.45, 7) is 4.55. The smallest absolute Gasteiger partial charge is 0.223 e. The highest BCUT2D eigenvalue weighted by molar-refractivity contribution is 5.17. The zero-order chi connectivity index (χ0) is 41.7. The number of hydrogen-bond acceptors (Lipinski definition) is 13. The van der Waals surface area contributed by atoms with E-state index in [9.17, 15) is 5.53 Å². The molecule has 0 radical (unpaired) electrons. The van der Waals surface area contributed by atoms with E-state index in [1.54, 1.807) is 21.3 Å². The van der Waals surface area contributed by atoms with Gasteiger partial charge in [0.25, 0.3) is 0 Å². The maximum atomic E-state index is 10.2. The summed E-state index contributed by atoms with van der Waals surface area (Å²) in [5.41, 5.74) is 13.1. The van der Waals surface area contributed by atoms with Crippen LogP contribution in [0, 0.1) is 0 Å². The van der Waals surface area contributed by atoms with Crippen molar-refractivity contribution in [2.75, 3.05) is 27.9 Å². The first-order valence-corrected chi connectivity index (χ1v) is 20.8. The normalized spacial score (nSPS) is 37.0. The van der Waals surface area contributed by atoms with Crippen LogP contribution in [0.5, 0.6) is 0 Å². The largest absolute Gasteiger partial charge is 0.376 e. The molecule has 5 fully saturated rings. The van der Waals surface area contributed by atoms with Crippen LogP contribution in [0.3, 0.4) is 0 Å². The Hall–Kier alpha value is -3.51. The monoisotopic (exact) mass is 831 g/mol. The average molecular weight is 832 g/mol. The van der Waals surface area contributed by atoms with Gasteiger partial charge in [-0.25, -0.2) is 0 Å². The molecular formula is C45H57N3O12. The van der Waals surface area contributed by atoms with Crippen molar-refractivity contribution in [1.29, 1.82) is 0 Å². The molecule has 3 heterocycles. The van der Waals surface area contributed by atoms with Crippen LogP contribution in [-0.2, 0) is 76.7 Å². The number of azide groups is 1. The second-order valence-electron chi connectivity index (χ2n) is 16.4. The fourth-order valence-corrected chi connectivity index (χ4v) is 9.48. The Morgan fingerprint density at radius 2 is 1.12 bits per heavy atom. The van der Waals surface area contributed by atoms with Crippen molar-refractivity contribution < 1.29 is 56.8 Å². The molecule has 0 N–H and O–H groups in total. The Bertz CT molecular complexity index is 1870. The van der Waals surface area contributed by atoms with Crippen LogP contribution in [0.4, 0.5) is 0 Å². The molecule has 324 valence electrons. The lowest BCUT2D eigenvalue weighted by molar-refractivity contribution is -0.491. The van der Waals surface area contributed by atoms with E-state index < -0.39 is 84.6 Å². The highest BCUT2D eigenvalue weighted by Crippen LogP contribution is 2.54. The SMILES string of the molecule is CO[C@@H]1[C@H]2OC(C)(C)O[C@H]2[C@H](O[C@H]2O[C@H](COCc3ccccc3)[C@H](OCc3ccccc3)[C@H](OCc3ccccc3)[C@H]2N=[N+]=[N-])[C@@H]2O[C@]3(OC)CCCC[C@@]3(OC)O[C@@H]12. The predicted molar refractivity (Wildman–Crippen MR) is 215 cm³/mol. The Morgan fingerprint density at radius 3 is 1.63 bits per heavy atom. The quantitative estimate of drug-likeness (QED) is 0.0850. The van der Waals surface area contributed by atoms with E-state index in [2.05, 4.69) is 10.0 Å². The molecule has 60 heavy (non-hydrogen) atoms. The molecular weight excluding hydrogens is 775 g/mol. The molecule has 3 aliphatic heterocycles. The number of methoxy groups -OCH3 is 3. The highest BCUT2D eigenvalue weighted by atomic mass is 16.8. The van der Waals surface area contributed by atoms with Crippen molar-refractivity contribution in [3.8, 4) is 0 Å². The summed E-state index contributed by atoms with van der Waals surface area (Å²) < 4.78 is 79.8. The lowest BCUT2D eigenvalue weighted by atomic mass is 9.79. The Morgan fingerprint density at radius 1 is 0.633 bits per heavy atom. The summed E-state index contributed by atoms with van der Waals surface area (Å²) in [6.07, 6.45) is -5.36. The van der Waals surface area contributed by atoms with E-state index in [4.69, 9.17) is 56.8 Å². The molecule has 3 aromatic rings. The van der Waals surface area contributed by atoms with Crippen LogP contribution in [0.2, 0.25) is 0 Å². The minimum atomic E-state index is -1.27. The van der Waals surface area contributed by atoms with Crippen LogP contribution >= 0.6 is 0 Å². The van der Waals surface area contributed by atoms with Gasteiger partial charge >= 0.3 is 0 Å². The maximum Gasteiger partial charge on any atom is 0.223 e. The first-order chi connectivity index (χ1) is 29.2. The number of hydrogen-bond donors (Lipinski definition) is 0. The first kappa shape index (κ1) is 43.2. The van der Waals surface area contributed by atoms with Crippen molar-refractivity contribution in [3.63, 3.8) is 0 Å². The molecule has 15 heteroatoms. The fraction of sp³-hybridized carbons (Fsp3) is 0.600. The van der Waals surface area contributed by atoms with Gasteiger partial charge in [-0.2, -0.15) is 0 Å². The molecule has 0 spiro atoms. The van der Waals surface area contributed by atoms with E-state index in [0.717, 1.165) is 29.5 Å². The summed E-state index contributed by atoms with van der Waals surface area (Å²) in [6, 6.07) is 28.5. The van der Waals surface area contributed by atoms with Crippen molar-refractivity contribution in [2.45, 2.75) is 144 Å². The molecule has 15 nitrogen and oxygen atoms in total. The second-order valence-corrected chi connectivity index (χ2v) is 16.4. The predicted octanol–water partition coefficient (Wildman–Crippen LogP) is 6.76. The lowest BCUT2D eigenvalue weighted by Gasteiger charge is -2.61. The van der Waals surface area contributed by atoms with E-state index in [1.807, 2.05) is 105 Å². The molecule has 2 saturated carbocycles. The molecule has 3 aromatic carbocycles. The van der Waals surface area contributed by atoms with Crippen LogP contribution in [-0.4, -0.2) is 113 Å². The number of fused-ring (bicyclic) bond motifs is 3. The molecule has 0 bridgehead atoms. The van der Waals surface area contributed by atoms with Gasteiger partial charge in [0, 0.05) is 39.1 Å². The average Bonchev–Trinajstić information content (AvgIpc) is 3.60. The van der Waals surface area contributed by atoms with Crippen molar-refractivity contribution in [2.24, 2.45) is 5.11 Å². The van der Waals surface area contributed by atoms with Gasteiger partial charge < -0.3 is 56.8 Å². The minimum Gasteiger partial charge on any atom is -0.376 e. The number of benzene rings is 3. The van der Waals surface area contributed by atoms with Crippen LogP contribution in [0.25, 0.3) is 10.4 Å². The van der Waals surface area contributed by atoms with E-state index in [0.29, 0.717) is 19.4 Å². The summed E-state index contributed by atoms with van der Waals surface area (Å²) in [4.78, 5) is 3.31. The Labute approximate surface area is 351 Å². The van der Waals surface area contributed by atoms with Crippen molar-refractivity contribution >= 4 is 0 Å². The highest BCUT2D eigenvalue weighted by Gasteiger charge is 2.70. The van der Waals surface area contributed by atoms with E-state index >= 15 is 0 Å². The summed E-state index contributed by atoms with van der Waals surface area (Å²) >= 11 is 0. The van der Waals surface area contributed by atoms with Gasteiger partial charge in [-0.05, 0) is 48.9 Å². The van der Waals surface area contributed by atoms with Gasteiger partial charge in [-0.1, -0.05) is 96.1 Å². The molecule has 8 rings (SSSR count). The topological polar surface area (TPSA) is 160 Å². The maximum absolute atomic E-state index is 10.2. The van der Waals surface area contributed by atoms with Gasteiger partial charge in [-0.15, -0.1) is 0 Å². The van der Waals surface area contributed by atoms with Gasteiger partial charge in [0.05, 0.1) is 26.4 Å². The van der Waals surface area contributed by atoms with Crippen LogP contribution in [0.15, 0.2) is 96.1 Å². The van der Waals surface area contributed by atoms with Crippen molar-refractivity contribution in [3.05, 3.63) is 118 Å². The summed E-state index contributed by atoms with van der Waals surface area (Å²) in [5, 5.41) is 4.33. The third-order valence-electron chi connectivity index (χ3n) is 12.3. The third-order valence-corrected chi connectivity index (χ3v) is 12.3. The molecule has 0 unspecified atom stereocenters. The van der Waals surface area contributed by atoms with Crippen LogP contribution in [0.1, 0.15) is 56.2 Å². The second kappa shape index (κ2) is 18.9. The van der Waals surface area contributed by atoms with Gasteiger partial charge in [0.2, 0.25) is 11.6 Å². The summed E-state index contributed by atoms with van der Waals surface area (Å²) in [7, 11) is 4.82. The standard InChI is InChI=1S/C45H57N3O12/c1-43(2)57-38-36(49-3)39-41(60-45(51-5)24-16-15-23-44(45,50-4)59-39)37(40(38)58-43)56-42-33(47-48-46)35(54-27-31-21-13-8-14-22-31)34(53-26-30-19-11-7-12-20-30)32(55-42)28-52-25-29-17-9-6-10-18-29/h6-14,17-22,32-42H,15-16,23-28H2,1-5H3/t32-,33-,34+,35-,36-,37+,38-,39+,40+,41+,42-,44-,45-/m1/s1. The lowest BCUT2D eigenvalue weighted by Crippen LogP contribution is -2.77. The molecule has 2 aliphatic carbocycles. The van der Waals surface area contributed by atoms with Crippen LogP contribution < -0.4 is 0 Å². The Balaban J connectivity index is 1.17. The molecule has 3 saturated heterocycles. The van der Waals surface area contributed by atoms with Gasteiger partial charge in [-0.3, -0.25) is 0 Å². The molecule has 0 aromatic heterocycles. The number of rotatable bonds is 16. The first-order valence-electron chi connectivity index (χ1n) is 20.8. The zero-order valence-corrected chi connectivity index (χ0v) is 34.9. The summed E-state index contributed by atoms with van der Waals surface area (Å²) in [5.74, 6) is -3.51.